The molecule has 1 aliphatic rings. The number of hydrogen-bond donors (Lipinski definition) is 0. The highest BCUT2D eigenvalue weighted by molar-refractivity contribution is 8.27. The Morgan fingerprint density at radius 2 is 1.66 bits per heavy atom. The van der Waals surface area contributed by atoms with Gasteiger partial charge in [0, 0.05) is 0 Å². The number of nitrogens with zero attached hydrogens (tertiary/aromatic N) is 1. The fraction of sp³-hybridized carbons (Fsp3) is 0.0833. The molecule has 0 N–H and O–H groups in total. The van der Waals surface area contributed by atoms with Crippen LogP contribution in [0.25, 0.3) is 6.08 Å². The van der Waals surface area contributed by atoms with Gasteiger partial charge in [-0.3, -0.25) is 9.69 Å². The molecule has 1 fully saturated rings. The zero-order valence-electron chi connectivity index (χ0n) is 16.1. The summed E-state index contributed by atoms with van der Waals surface area (Å²) in [7, 11) is 0. The number of para-hydroxylation sites is 1. The van der Waals surface area contributed by atoms with Crippen LogP contribution in [0.1, 0.15) is 16.7 Å². The molecule has 0 atom stereocenters. The number of benzene rings is 3. The Labute approximate surface area is 180 Å². The first-order chi connectivity index (χ1) is 14.0. The Bertz CT molecular complexity index is 1120. The molecule has 3 aromatic carbocycles. The lowest BCUT2D eigenvalue weighted by molar-refractivity contribution is -0.113. The van der Waals surface area contributed by atoms with E-state index in [1.807, 2.05) is 92.7 Å². The second-order valence-corrected chi connectivity index (χ2v) is 8.45. The van der Waals surface area contributed by atoms with Crippen LogP contribution >= 0.6 is 24.0 Å². The predicted molar refractivity (Wildman–Crippen MR) is 125 cm³/mol. The maximum absolute atomic E-state index is 13.0. The van der Waals surface area contributed by atoms with Crippen LogP contribution in [0.2, 0.25) is 0 Å². The van der Waals surface area contributed by atoms with Crippen LogP contribution in [-0.2, 0) is 4.79 Å². The van der Waals surface area contributed by atoms with E-state index in [2.05, 4.69) is 0 Å². The Balaban J connectivity index is 1.59. The lowest BCUT2D eigenvalue weighted by Crippen LogP contribution is -2.27. The largest absolute Gasteiger partial charge is 0.457 e. The van der Waals surface area contributed by atoms with Gasteiger partial charge < -0.3 is 4.74 Å². The van der Waals surface area contributed by atoms with Gasteiger partial charge in [-0.15, -0.1) is 0 Å². The lowest BCUT2D eigenvalue weighted by atomic mass is 10.1. The molecule has 3 nitrogen and oxygen atoms in total. The third-order valence-electron chi connectivity index (χ3n) is 4.68. The molecular weight excluding hydrogens is 398 g/mol. The monoisotopic (exact) mass is 417 g/mol. The summed E-state index contributed by atoms with van der Waals surface area (Å²) in [5, 5.41) is 0. The molecule has 4 rings (SSSR count). The predicted octanol–water partition coefficient (Wildman–Crippen LogP) is 6.50. The second kappa shape index (κ2) is 8.23. The van der Waals surface area contributed by atoms with Crippen LogP contribution in [0.5, 0.6) is 11.5 Å². The quantitative estimate of drug-likeness (QED) is 0.358. The first-order valence-electron chi connectivity index (χ1n) is 9.19. The highest BCUT2D eigenvalue weighted by atomic mass is 32.2. The van der Waals surface area contributed by atoms with Crippen LogP contribution in [-0.4, -0.2) is 10.2 Å². The van der Waals surface area contributed by atoms with Gasteiger partial charge >= 0.3 is 0 Å². The van der Waals surface area contributed by atoms with Crippen LogP contribution in [0.3, 0.4) is 0 Å². The number of hydrogen-bond acceptors (Lipinski definition) is 4. The van der Waals surface area contributed by atoms with Crippen LogP contribution < -0.4 is 9.64 Å². The molecule has 1 aliphatic heterocycles. The molecule has 0 aliphatic carbocycles. The molecule has 1 heterocycles. The molecule has 0 unspecified atom stereocenters. The molecule has 0 aromatic heterocycles. The van der Waals surface area contributed by atoms with Crippen molar-refractivity contribution in [1.82, 2.24) is 0 Å². The molecule has 1 saturated heterocycles. The van der Waals surface area contributed by atoms with E-state index in [-0.39, 0.29) is 5.91 Å². The maximum atomic E-state index is 13.0. The summed E-state index contributed by atoms with van der Waals surface area (Å²) in [5.41, 5.74) is 4.01. The number of aryl methyl sites for hydroxylation is 2. The highest BCUT2D eigenvalue weighted by Gasteiger charge is 2.33. The molecule has 29 heavy (non-hydrogen) atoms. The third-order valence-corrected chi connectivity index (χ3v) is 5.98. The number of thioether (sulfide) groups is 1. The molecule has 0 saturated carbocycles. The minimum absolute atomic E-state index is 0.0994. The summed E-state index contributed by atoms with van der Waals surface area (Å²) in [4.78, 5) is 15.2. The Hall–Kier alpha value is -2.89. The van der Waals surface area contributed by atoms with Gasteiger partial charge in [-0.1, -0.05) is 60.4 Å². The first-order valence-corrected chi connectivity index (χ1v) is 10.4. The summed E-state index contributed by atoms with van der Waals surface area (Å²) in [5.74, 6) is 1.39. The number of ether oxygens (including phenoxy) is 1. The van der Waals surface area contributed by atoms with Gasteiger partial charge in [0.1, 0.15) is 11.5 Å². The van der Waals surface area contributed by atoms with Gasteiger partial charge in [0.15, 0.2) is 4.32 Å². The zero-order valence-corrected chi connectivity index (χ0v) is 17.7. The number of anilines is 1. The minimum atomic E-state index is -0.0994. The van der Waals surface area contributed by atoms with Crippen molar-refractivity contribution in [3.63, 3.8) is 0 Å². The lowest BCUT2D eigenvalue weighted by Gasteiger charge is -2.15. The van der Waals surface area contributed by atoms with Crippen molar-refractivity contribution < 1.29 is 9.53 Å². The van der Waals surface area contributed by atoms with E-state index < -0.39 is 0 Å². The average Bonchev–Trinajstić information content (AvgIpc) is 2.98. The van der Waals surface area contributed by atoms with Crippen molar-refractivity contribution in [2.75, 3.05) is 4.90 Å². The number of rotatable bonds is 4. The second-order valence-electron chi connectivity index (χ2n) is 6.77. The Morgan fingerprint density at radius 3 is 2.41 bits per heavy atom. The van der Waals surface area contributed by atoms with E-state index >= 15 is 0 Å². The van der Waals surface area contributed by atoms with Crippen molar-refractivity contribution >= 4 is 46.0 Å². The van der Waals surface area contributed by atoms with E-state index in [1.165, 1.54) is 17.3 Å². The van der Waals surface area contributed by atoms with E-state index in [1.54, 1.807) is 4.90 Å². The van der Waals surface area contributed by atoms with E-state index in [0.29, 0.717) is 9.23 Å². The van der Waals surface area contributed by atoms with E-state index in [0.717, 1.165) is 28.3 Å². The van der Waals surface area contributed by atoms with Gasteiger partial charge in [-0.2, -0.15) is 0 Å². The molecule has 1 amide bonds. The summed E-state index contributed by atoms with van der Waals surface area (Å²) < 4.78 is 6.43. The zero-order chi connectivity index (χ0) is 20.4. The molecule has 0 spiro atoms. The number of carbonyl (C=O) groups excluding carboxylic acids is 1. The van der Waals surface area contributed by atoms with E-state index in [4.69, 9.17) is 17.0 Å². The molecule has 0 radical (unpaired) electrons. The molecular formula is C24H19NO2S2. The molecule has 144 valence electrons. The third kappa shape index (κ3) is 4.26. The van der Waals surface area contributed by atoms with Gasteiger partial charge in [-0.05, 0) is 73.0 Å². The van der Waals surface area contributed by atoms with Crippen molar-refractivity contribution in [3.05, 3.63) is 94.4 Å². The van der Waals surface area contributed by atoms with Crippen LogP contribution in [0.4, 0.5) is 5.69 Å². The van der Waals surface area contributed by atoms with Gasteiger partial charge in [-0.25, -0.2) is 0 Å². The number of amides is 1. The summed E-state index contributed by atoms with van der Waals surface area (Å²) in [6.45, 7) is 4.08. The van der Waals surface area contributed by atoms with Crippen molar-refractivity contribution in [1.29, 1.82) is 0 Å². The van der Waals surface area contributed by atoms with Gasteiger partial charge in [0.25, 0.3) is 5.91 Å². The fourth-order valence-electron chi connectivity index (χ4n) is 3.00. The average molecular weight is 418 g/mol. The van der Waals surface area contributed by atoms with Crippen molar-refractivity contribution in [2.45, 2.75) is 13.8 Å². The van der Waals surface area contributed by atoms with Crippen molar-refractivity contribution in [3.8, 4) is 11.5 Å². The smallest absolute Gasteiger partial charge is 0.270 e. The Kier molecular flexibility index (Phi) is 5.51. The van der Waals surface area contributed by atoms with Gasteiger partial charge in [0.05, 0.1) is 10.6 Å². The summed E-state index contributed by atoms with van der Waals surface area (Å²) in [6, 6.07) is 23.2. The summed E-state index contributed by atoms with van der Waals surface area (Å²) >= 11 is 6.80. The first kappa shape index (κ1) is 19.4. The van der Waals surface area contributed by atoms with Crippen LogP contribution in [0.15, 0.2) is 77.7 Å². The van der Waals surface area contributed by atoms with Crippen LogP contribution in [0, 0.1) is 13.8 Å². The summed E-state index contributed by atoms with van der Waals surface area (Å²) in [6.07, 6.45) is 1.86. The highest BCUT2D eigenvalue weighted by Crippen LogP contribution is 2.37. The fourth-order valence-corrected chi connectivity index (χ4v) is 4.30. The van der Waals surface area contributed by atoms with Crippen molar-refractivity contribution in [2.24, 2.45) is 0 Å². The molecule has 3 aromatic rings. The normalized spacial score (nSPS) is 15.2. The van der Waals surface area contributed by atoms with Gasteiger partial charge in [0.2, 0.25) is 0 Å². The molecule has 0 bridgehead atoms. The number of carbonyl (C=O) groups is 1. The topological polar surface area (TPSA) is 29.5 Å². The molecule has 5 heteroatoms. The SMILES string of the molecule is Cc1ccc(N2C(=O)/C(=C/c3cccc(Oc4ccccc4)c3)SC2=S)cc1C. The Morgan fingerprint density at radius 1 is 0.897 bits per heavy atom. The number of thiocarbonyl (C=S) groups is 1. The maximum Gasteiger partial charge on any atom is 0.270 e. The van der Waals surface area contributed by atoms with E-state index in [9.17, 15) is 4.79 Å². The standard InChI is InChI=1S/C24H19NO2S2/c1-16-11-12-19(13-17(16)2)25-23(26)22(29-24(25)28)15-18-7-6-10-21(14-18)27-20-8-4-3-5-9-20/h3-15H,1-2H3/b22-15-. The minimum Gasteiger partial charge on any atom is -0.457 e.